The Balaban J connectivity index is 0.000000292. The molecule has 0 amide bonds. The molecule has 1 heterocycles. The van der Waals surface area contributed by atoms with E-state index in [9.17, 15) is 0 Å². The van der Waals surface area contributed by atoms with Crippen LogP contribution in [0.4, 0.5) is 0 Å². The van der Waals surface area contributed by atoms with Crippen LogP contribution in [0, 0.1) is 6.92 Å². The maximum absolute atomic E-state index is 8.12. The van der Waals surface area contributed by atoms with Gasteiger partial charge in [0, 0.05) is 13.2 Å². The van der Waals surface area contributed by atoms with Crippen molar-refractivity contribution in [3.63, 3.8) is 0 Å². The minimum absolute atomic E-state index is 0.250. The van der Waals surface area contributed by atoms with E-state index in [1.165, 1.54) is 0 Å². The summed E-state index contributed by atoms with van der Waals surface area (Å²) >= 11 is 3.33. The van der Waals surface area contributed by atoms with Crippen molar-refractivity contribution in [3.8, 4) is 0 Å². The third-order valence-corrected chi connectivity index (χ3v) is 1.73. The summed E-state index contributed by atoms with van der Waals surface area (Å²) in [5.74, 6) is 0. The van der Waals surface area contributed by atoms with Gasteiger partial charge in [-0.05, 0) is 22.9 Å². The van der Waals surface area contributed by atoms with E-state index in [1.54, 1.807) is 4.68 Å². The molecule has 60 valence electrons. The molecule has 0 spiro atoms. The lowest BCUT2D eigenvalue weighted by molar-refractivity contribution is -0.191. The van der Waals surface area contributed by atoms with Crippen LogP contribution in [0.25, 0.3) is 0 Å². The van der Waals surface area contributed by atoms with Crippen LogP contribution in [-0.4, -0.2) is 15.9 Å². The molecule has 0 saturated carbocycles. The van der Waals surface area contributed by atoms with Gasteiger partial charge in [-0.25, -0.2) is 0 Å². The normalized spacial score (nSPS) is 7.91. The highest BCUT2D eigenvalue weighted by molar-refractivity contribution is 9.10. The Kier molecular flexibility index (Phi) is 4.41. The molecule has 1 aromatic rings. The summed E-state index contributed by atoms with van der Waals surface area (Å²) < 4.78 is 2.85. The van der Waals surface area contributed by atoms with E-state index < -0.39 is 0 Å². The Morgan fingerprint density at radius 2 is 2.09 bits per heavy atom. The van der Waals surface area contributed by atoms with Gasteiger partial charge in [0.2, 0.25) is 0 Å². The number of nitrogens with zero attached hydrogens (tertiary/aromatic N) is 2. The zero-order valence-electron chi connectivity index (χ0n) is 6.17. The molecule has 0 fully saturated rings. The van der Waals surface area contributed by atoms with Crippen LogP contribution in [0.3, 0.4) is 0 Å². The van der Waals surface area contributed by atoms with E-state index in [4.69, 9.17) is 9.59 Å². The molecular weight excluding hydrogens is 212 g/mol. The molecule has 5 heteroatoms. The quantitative estimate of drug-likeness (QED) is 0.651. The van der Waals surface area contributed by atoms with Gasteiger partial charge < -0.3 is 0 Å². The standard InChI is InChI=1S/C5H7BrN2.CO2/c1-4-5(6)3-8(2)7-4;2-1-3/h3H,1-2H3;. The van der Waals surface area contributed by atoms with Crippen molar-refractivity contribution in [2.24, 2.45) is 7.05 Å². The summed E-state index contributed by atoms with van der Waals surface area (Å²) in [7, 11) is 1.90. The molecule has 1 rings (SSSR count). The monoisotopic (exact) mass is 218 g/mol. The third-order valence-electron chi connectivity index (χ3n) is 0.954. The van der Waals surface area contributed by atoms with Gasteiger partial charge in [-0.15, -0.1) is 0 Å². The molecule has 0 N–H and O–H groups in total. The lowest BCUT2D eigenvalue weighted by atomic mass is 10.5. The van der Waals surface area contributed by atoms with Gasteiger partial charge in [-0.2, -0.15) is 14.7 Å². The van der Waals surface area contributed by atoms with Crippen molar-refractivity contribution in [2.45, 2.75) is 6.92 Å². The number of hydrogen-bond donors (Lipinski definition) is 0. The summed E-state index contributed by atoms with van der Waals surface area (Å²) in [5, 5.41) is 4.08. The van der Waals surface area contributed by atoms with Crippen LogP contribution < -0.4 is 0 Å². The minimum Gasteiger partial charge on any atom is -0.274 e. The molecule has 0 aliphatic heterocycles. The Morgan fingerprint density at radius 1 is 1.64 bits per heavy atom. The summed E-state index contributed by atoms with van der Waals surface area (Å²) in [5.41, 5.74) is 1.03. The van der Waals surface area contributed by atoms with Crippen LogP contribution in [0.5, 0.6) is 0 Å². The van der Waals surface area contributed by atoms with Crippen molar-refractivity contribution >= 4 is 22.1 Å². The SMILES string of the molecule is Cc1nn(C)cc1Br.O=C=O. The van der Waals surface area contributed by atoms with Crippen LogP contribution in [-0.2, 0) is 16.6 Å². The predicted octanol–water partition coefficient (Wildman–Crippen LogP) is 0.908. The average Bonchev–Trinajstić information content (AvgIpc) is 2.12. The van der Waals surface area contributed by atoms with Gasteiger partial charge in [0.15, 0.2) is 0 Å². The van der Waals surface area contributed by atoms with Crippen molar-refractivity contribution in [2.75, 3.05) is 0 Å². The Hall–Kier alpha value is -0.930. The number of carbonyl (C=O) groups excluding carboxylic acids is 2. The number of hydrogen-bond acceptors (Lipinski definition) is 3. The van der Waals surface area contributed by atoms with Crippen LogP contribution in [0.15, 0.2) is 10.7 Å². The molecule has 1 aromatic heterocycles. The van der Waals surface area contributed by atoms with Crippen molar-refractivity contribution in [3.05, 3.63) is 16.4 Å². The topological polar surface area (TPSA) is 52.0 Å². The maximum atomic E-state index is 8.12. The Labute approximate surface area is 72.3 Å². The first-order valence-corrected chi connectivity index (χ1v) is 3.56. The maximum Gasteiger partial charge on any atom is 0.373 e. The fraction of sp³-hybridized carbons (Fsp3) is 0.333. The van der Waals surface area contributed by atoms with E-state index in [0.29, 0.717) is 0 Å². The fourth-order valence-corrected chi connectivity index (χ4v) is 0.946. The second kappa shape index (κ2) is 4.82. The first-order chi connectivity index (χ1) is 5.11. The zero-order valence-corrected chi connectivity index (χ0v) is 7.75. The zero-order chi connectivity index (χ0) is 8.85. The van der Waals surface area contributed by atoms with E-state index in [1.807, 2.05) is 20.2 Å². The summed E-state index contributed by atoms with van der Waals surface area (Å²) in [6, 6.07) is 0. The van der Waals surface area contributed by atoms with Gasteiger partial charge in [0.05, 0.1) is 10.2 Å². The Morgan fingerprint density at radius 3 is 2.18 bits per heavy atom. The van der Waals surface area contributed by atoms with E-state index >= 15 is 0 Å². The van der Waals surface area contributed by atoms with Gasteiger partial charge in [0.25, 0.3) is 0 Å². The molecule has 0 unspecified atom stereocenters. The van der Waals surface area contributed by atoms with Gasteiger partial charge >= 0.3 is 6.15 Å². The molecule has 4 nitrogen and oxygen atoms in total. The fourth-order valence-electron chi connectivity index (χ4n) is 0.571. The summed E-state index contributed by atoms with van der Waals surface area (Å²) in [6.07, 6.45) is 2.18. The largest absolute Gasteiger partial charge is 0.373 e. The molecule has 0 bridgehead atoms. The van der Waals surface area contributed by atoms with E-state index in [2.05, 4.69) is 21.0 Å². The first-order valence-electron chi connectivity index (χ1n) is 2.76. The highest BCUT2D eigenvalue weighted by atomic mass is 79.9. The first kappa shape index (κ1) is 10.1. The lowest BCUT2D eigenvalue weighted by Gasteiger charge is -1.79. The van der Waals surface area contributed by atoms with Crippen LogP contribution in [0.1, 0.15) is 5.69 Å². The highest BCUT2D eigenvalue weighted by Crippen LogP contribution is 2.11. The van der Waals surface area contributed by atoms with Crippen molar-refractivity contribution in [1.29, 1.82) is 0 Å². The molecule has 0 aromatic carbocycles. The lowest BCUT2D eigenvalue weighted by Crippen LogP contribution is -1.86. The Bertz CT molecular complexity index is 244. The molecular formula is C6H7BrN2O2. The molecule has 0 aliphatic rings. The molecule has 0 saturated heterocycles. The number of aryl methyl sites for hydroxylation is 2. The minimum atomic E-state index is 0.250. The summed E-state index contributed by atoms with van der Waals surface area (Å²) in [6.45, 7) is 1.96. The molecule has 0 radical (unpaired) electrons. The van der Waals surface area contributed by atoms with Crippen LogP contribution >= 0.6 is 15.9 Å². The van der Waals surface area contributed by atoms with Gasteiger partial charge in [-0.3, -0.25) is 4.68 Å². The van der Waals surface area contributed by atoms with E-state index in [-0.39, 0.29) is 6.15 Å². The third kappa shape index (κ3) is 3.70. The second-order valence-corrected chi connectivity index (χ2v) is 2.67. The molecule has 11 heavy (non-hydrogen) atoms. The molecule has 0 atom stereocenters. The van der Waals surface area contributed by atoms with Gasteiger partial charge in [0.1, 0.15) is 0 Å². The average molecular weight is 219 g/mol. The van der Waals surface area contributed by atoms with Gasteiger partial charge in [-0.1, -0.05) is 0 Å². The number of rotatable bonds is 0. The summed E-state index contributed by atoms with van der Waals surface area (Å²) in [4.78, 5) is 16.2. The number of aromatic nitrogens is 2. The smallest absolute Gasteiger partial charge is 0.274 e. The van der Waals surface area contributed by atoms with E-state index in [0.717, 1.165) is 10.2 Å². The molecule has 0 aliphatic carbocycles. The van der Waals surface area contributed by atoms with Crippen molar-refractivity contribution in [1.82, 2.24) is 9.78 Å². The van der Waals surface area contributed by atoms with Crippen molar-refractivity contribution < 1.29 is 9.59 Å². The second-order valence-electron chi connectivity index (χ2n) is 1.82. The van der Waals surface area contributed by atoms with Crippen LogP contribution in [0.2, 0.25) is 0 Å². The number of halogens is 1. The highest BCUT2D eigenvalue weighted by Gasteiger charge is 1.94. The predicted molar refractivity (Wildman–Crippen MR) is 40.7 cm³/mol.